The fourth-order valence-corrected chi connectivity index (χ4v) is 1.44. The van der Waals surface area contributed by atoms with E-state index in [1.165, 1.54) is 0 Å². The van der Waals surface area contributed by atoms with Crippen molar-refractivity contribution in [2.45, 2.75) is 19.3 Å². The number of rotatable bonds is 5. The number of hydrogen-bond donors (Lipinski definition) is 3. The van der Waals surface area contributed by atoms with Gasteiger partial charge in [-0.1, -0.05) is 12.1 Å². The van der Waals surface area contributed by atoms with Gasteiger partial charge in [-0.3, -0.25) is 9.59 Å². The Labute approximate surface area is 100 Å². The summed E-state index contributed by atoms with van der Waals surface area (Å²) >= 11 is 0. The lowest BCUT2D eigenvalue weighted by atomic mass is 10.00. The molecule has 1 rings (SSSR count). The number of nitrogen functional groups attached to an aromatic ring is 1. The first-order valence-electron chi connectivity index (χ1n) is 5.42. The largest absolute Gasteiger partial charge is 0.399 e. The van der Waals surface area contributed by atoms with E-state index in [1.807, 2.05) is 6.07 Å². The van der Waals surface area contributed by atoms with Gasteiger partial charge in [0.2, 0.25) is 11.8 Å². The Balaban J connectivity index is 2.54. The van der Waals surface area contributed by atoms with Crippen LogP contribution in [-0.4, -0.2) is 18.4 Å². The van der Waals surface area contributed by atoms with Crippen molar-refractivity contribution in [3.8, 4) is 0 Å². The highest BCUT2D eigenvalue weighted by Crippen LogP contribution is 2.17. The molecular weight excluding hydrogens is 218 g/mol. The van der Waals surface area contributed by atoms with E-state index in [0.717, 1.165) is 5.56 Å². The van der Waals surface area contributed by atoms with Gasteiger partial charge in [0.15, 0.2) is 0 Å². The minimum atomic E-state index is -0.429. The summed E-state index contributed by atoms with van der Waals surface area (Å²) in [6.45, 7) is 2.05. The molecule has 1 aromatic rings. The molecule has 1 aromatic carbocycles. The summed E-state index contributed by atoms with van der Waals surface area (Å²) in [5.41, 5.74) is 12.1. The predicted octanol–water partition coefficient (Wildman–Crippen LogP) is 0.364. The summed E-state index contributed by atoms with van der Waals surface area (Å²) in [5.74, 6) is -0.870. The molecule has 0 radical (unpaired) electrons. The van der Waals surface area contributed by atoms with Crippen LogP contribution in [0.25, 0.3) is 0 Å². The van der Waals surface area contributed by atoms with E-state index in [9.17, 15) is 9.59 Å². The molecule has 0 aliphatic heterocycles. The zero-order chi connectivity index (χ0) is 12.8. The van der Waals surface area contributed by atoms with Crippen LogP contribution in [0.2, 0.25) is 0 Å². The topological polar surface area (TPSA) is 98.2 Å². The fourth-order valence-electron chi connectivity index (χ4n) is 1.44. The molecule has 0 saturated carbocycles. The van der Waals surface area contributed by atoms with E-state index in [0.29, 0.717) is 5.69 Å². The monoisotopic (exact) mass is 235 g/mol. The molecule has 5 nitrogen and oxygen atoms in total. The van der Waals surface area contributed by atoms with Crippen molar-refractivity contribution in [2.24, 2.45) is 5.73 Å². The first kappa shape index (κ1) is 13.0. The highest BCUT2D eigenvalue weighted by atomic mass is 16.2. The van der Waals surface area contributed by atoms with Gasteiger partial charge in [0.25, 0.3) is 0 Å². The fraction of sp³-hybridized carbons (Fsp3) is 0.333. The van der Waals surface area contributed by atoms with Gasteiger partial charge in [0.05, 0.1) is 5.92 Å². The molecular formula is C12H17N3O2. The molecule has 17 heavy (non-hydrogen) atoms. The summed E-state index contributed by atoms with van der Waals surface area (Å²) in [5, 5.41) is 2.65. The van der Waals surface area contributed by atoms with E-state index < -0.39 is 5.91 Å². The van der Waals surface area contributed by atoms with Crippen molar-refractivity contribution >= 4 is 17.5 Å². The third kappa shape index (κ3) is 4.14. The summed E-state index contributed by atoms with van der Waals surface area (Å²) in [4.78, 5) is 22.3. The number of anilines is 1. The number of hydrogen-bond acceptors (Lipinski definition) is 3. The molecule has 2 amide bonds. The van der Waals surface area contributed by atoms with Crippen molar-refractivity contribution < 1.29 is 9.59 Å². The number of primary amides is 1. The van der Waals surface area contributed by atoms with Gasteiger partial charge in [-0.15, -0.1) is 0 Å². The maximum Gasteiger partial charge on any atom is 0.227 e. The van der Waals surface area contributed by atoms with E-state index >= 15 is 0 Å². The molecule has 0 fully saturated rings. The molecule has 0 aliphatic rings. The third-order valence-electron chi connectivity index (χ3n) is 2.47. The zero-order valence-electron chi connectivity index (χ0n) is 9.77. The molecule has 0 heterocycles. The highest BCUT2D eigenvalue weighted by molar-refractivity contribution is 5.84. The molecule has 0 bridgehead atoms. The standard InChI is InChI=1S/C12H17N3O2/c1-8(9-3-2-4-10(13)7-9)12(17)15-6-5-11(14)16/h2-4,7-8H,5-6,13H2,1H3,(H2,14,16)(H,15,17). The van der Waals surface area contributed by atoms with Gasteiger partial charge in [0.1, 0.15) is 0 Å². The van der Waals surface area contributed by atoms with Crippen LogP contribution in [0.15, 0.2) is 24.3 Å². The summed E-state index contributed by atoms with van der Waals surface area (Å²) in [6.07, 6.45) is 0.148. The molecule has 0 saturated heterocycles. The van der Waals surface area contributed by atoms with Gasteiger partial charge in [-0.05, 0) is 24.6 Å². The molecule has 0 aromatic heterocycles. The second kappa shape index (κ2) is 5.89. The predicted molar refractivity (Wildman–Crippen MR) is 66.1 cm³/mol. The Morgan fingerprint density at radius 3 is 2.71 bits per heavy atom. The Bertz CT molecular complexity index is 418. The van der Waals surface area contributed by atoms with Crippen molar-refractivity contribution in [3.63, 3.8) is 0 Å². The van der Waals surface area contributed by atoms with Crippen LogP contribution >= 0.6 is 0 Å². The molecule has 92 valence electrons. The van der Waals surface area contributed by atoms with Gasteiger partial charge < -0.3 is 16.8 Å². The van der Waals surface area contributed by atoms with Crippen LogP contribution in [0.5, 0.6) is 0 Å². The number of nitrogens with one attached hydrogen (secondary N) is 1. The van der Waals surface area contributed by atoms with Crippen LogP contribution in [0.1, 0.15) is 24.8 Å². The number of nitrogens with two attached hydrogens (primary N) is 2. The second-order valence-electron chi connectivity index (χ2n) is 3.90. The van der Waals surface area contributed by atoms with E-state index in [1.54, 1.807) is 25.1 Å². The molecule has 5 N–H and O–H groups in total. The molecule has 0 aliphatic carbocycles. The lowest BCUT2D eigenvalue weighted by Crippen LogP contribution is -2.31. The van der Waals surface area contributed by atoms with Crippen LogP contribution in [0.3, 0.4) is 0 Å². The Morgan fingerprint density at radius 1 is 1.41 bits per heavy atom. The van der Waals surface area contributed by atoms with Crippen molar-refractivity contribution in [3.05, 3.63) is 29.8 Å². The third-order valence-corrected chi connectivity index (χ3v) is 2.47. The summed E-state index contributed by atoms with van der Waals surface area (Å²) < 4.78 is 0. The minimum absolute atomic E-state index is 0.142. The SMILES string of the molecule is CC(C(=O)NCCC(N)=O)c1cccc(N)c1. The molecule has 1 atom stereocenters. The molecule has 1 unspecified atom stereocenters. The quantitative estimate of drug-likeness (QED) is 0.643. The van der Waals surface area contributed by atoms with Gasteiger partial charge >= 0.3 is 0 Å². The Morgan fingerprint density at radius 2 is 2.12 bits per heavy atom. The first-order valence-corrected chi connectivity index (χ1v) is 5.42. The molecule has 5 heteroatoms. The van der Waals surface area contributed by atoms with Gasteiger partial charge in [-0.2, -0.15) is 0 Å². The van der Waals surface area contributed by atoms with Crippen LogP contribution in [0.4, 0.5) is 5.69 Å². The van der Waals surface area contributed by atoms with E-state index in [2.05, 4.69) is 5.32 Å². The van der Waals surface area contributed by atoms with Gasteiger partial charge in [-0.25, -0.2) is 0 Å². The Kier molecular flexibility index (Phi) is 4.51. The van der Waals surface area contributed by atoms with E-state index in [4.69, 9.17) is 11.5 Å². The highest BCUT2D eigenvalue weighted by Gasteiger charge is 2.14. The van der Waals surface area contributed by atoms with Crippen molar-refractivity contribution in [1.82, 2.24) is 5.32 Å². The maximum atomic E-state index is 11.7. The summed E-state index contributed by atoms with van der Waals surface area (Å²) in [7, 11) is 0. The lowest BCUT2D eigenvalue weighted by molar-refractivity contribution is -0.122. The van der Waals surface area contributed by atoms with Crippen molar-refractivity contribution in [2.75, 3.05) is 12.3 Å². The first-order chi connectivity index (χ1) is 8.00. The number of amides is 2. The van der Waals surface area contributed by atoms with Gasteiger partial charge in [0, 0.05) is 18.7 Å². The normalized spacial score (nSPS) is 11.8. The lowest BCUT2D eigenvalue weighted by Gasteiger charge is -2.12. The zero-order valence-corrected chi connectivity index (χ0v) is 9.77. The average Bonchev–Trinajstić information content (AvgIpc) is 2.27. The minimum Gasteiger partial charge on any atom is -0.399 e. The average molecular weight is 235 g/mol. The number of benzene rings is 1. The van der Waals surface area contributed by atoms with Crippen LogP contribution in [0, 0.1) is 0 Å². The van der Waals surface area contributed by atoms with Crippen LogP contribution in [-0.2, 0) is 9.59 Å². The number of carbonyl (C=O) groups is 2. The molecule has 0 spiro atoms. The summed E-state index contributed by atoms with van der Waals surface area (Å²) in [6, 6.07) is 7.17. The second-order valence-corrected chi connectivity index (χ2v) is 3.90. The number of carbonyl (C=O) groups excluding carboxylic acids is 2. The van der Waals surface area contributed by atoms with E-state index in [-0.39, 0.29) is 24.8 Å². The Hall–Kier alpha value is -2.04. The maximum absolute atomic E-state index is 11.7. The van der Waals surface area contributed by atoms with Crippen LogP contribution < -0.4 is 16.8 Å². The van der Waals surface area contributed by atoms with Crippen molar-refractivity contribution in [1.29, 1.82) is 0 Å². The smallest absolute Gasteiger partial charge is 0.227 e.